The summed E-state index contributed by atoms with van der Waals surface area (Å²) in [6.07, 6.45) is 2.64. The van der Waals surface area contributed by atoms with Gasteiger partial charge in [-0.3, -0.25) is 0 Å². The summed E-state index contributed by atoms with van der Waals surface area (Å²) in [5.41, 5.74) is 0. The van der Waals surface area contributed by atoms with Crippen LogP contribution in [-0.4, -0.2) is 54.0 Å². The number of aliphatic hydroxyl groups excluding tert-OH is 1. The highest BCUT2D eigenvalue weighted by Gasteiger charge is 2.28. The van der Waals surface area contributed by atoms with Gasteiger partial charge in [0, 0.05) is 25.2 Å². The molecule has 3 unspecified atom stereocenters. The smallest absolute Gasteiger partial charge is 0.317 e. The monoisotopic (exact) mass is 286 g/mol. The number of aliphatic hydroxyl groups is 1. The molecule has 1 heterocycles. The molecule has 0 aromatic rings. The van der Waals surface area contributed by atoms with Crippen LogP contribution in [0.4, 0.5) is 4.79 Å². The molecule has 1 rings (SSSR count). The van der Waals surface area contributed by atoms with Crippen LogP contribution in [0.25, 0.3) is 0 Å². The van der Waals surface area contributed by atoms with Gasteiger partial charge < -0.3 is 20.1 Å². The van der Waals surface area contributed by atoms with Crippen molar-refractivity contribution in [3.8, 4) is 0 Å². The Balaban J connectivity index is 2.27. The average molecular weight is 286 g/mol. The second kappa shape index (κ2) is 8.47. The fourth-order valence-electron chi connectivity index (χ4n) is 2.62. The Bertz CT molecular complexity index is 287. The van der Waals surface area contributed by atoms with E-state index in [9.17, 15) is 9.90 Å². The molecule has 0 radical (unpaired) electrons. The van der Waals surface area contributed by atoms with Crippen LogP contribution in [0.5, 0.6) is 0 Å². The van der Waals surface area contributed by atoms with Crippen molar-refractivity contribution in [3.63, 3.8) is 0 Å². The van der Waals surface area contributed by atoms with Crippen LogP contribution in [0, 0.1) is 5.92 Å². The van der Waals surface area contributed by atoms with Crippen LogP contribution < -0.4 is 5.32 Å². The molecule has 5 nitrogen and oxygen atoms in total. The Morgan fingerprint density at radius 3 is 2.45 bits per heavy atom. The third-order valence-electron chi connectivity index (χ3n) is 3.68. The van der Waals surface area contributed by atoms with Gasteiger partial charge in [0.15, 0.2) is 0 Å². The van der Waals surface area contributed by atoms with E-state index in [2.05, 4.69) is 33.0 Å². The quantitative estimate of drug-likeness (QED) is 0.785. The lowest BCUT2D eigenvalue weighted by molar-refractivity contribution is 0.0258. The largest absolute Gasteiger partial charge is 0.389 e. The Hall–Kier alpha value is -0.810. The number of carbonyl (C=O) groups is 1. The summed E-state index contributed by atoms with van der Waals surface area (Å²) in [7, 11) is 0. The minimum absolute atomic E-state index is 0.0763. The zero-order valence-electron chi connectivity index (χ0n) is 13.3. The van der Waals surface area contributed by atoms with Crippen LogP contribution in [0.3, 0.4) is 0 Å². The van der Waals surface area contributed by atoms with E-state index in [-0.39, 0.29) is 31.3 Å². The van der Waals surface area contributed by atoms with E-state index in [1.807, 2.05) is 4.90 Å². The summed E-state index contributed by atoms with van der Waals surface area (Å²) < 4.78 is 5.36. The first-order valence-electron chi connectivity index (χ1n) is 7.73. The first-order chi connectivity index (χ1) is 9.41. The lowest BCUT2D eigenvalue weighted by Gasteiger charge is -2.39. The van der Waals surface area contributed by atoms with Gasteiger partial charge in [-0.25, -0.2) is 4.79 Å². The van der Waals surface area contributed by atoms with E-state index in [0.717, 1.165) is 12.8 Å². The SMILES string of the molecule is CC(C)COCC(O)CNC(=O)N1C(C)CCCC1C. The summed E-state index contributed by atoms with van der Waals surface area (Å²) in [6.45, 7) is 9.43. The van der Waals surface area contributed by atoms with Gasteiger partial charge in [0.2, 0.25) is 0 Å². The molecule has 1 saturated heterocycles. The Morgan fingerprint density at radius 2 is 1.90 bits per heavy atom. The van der Waals surface area contributed by atoms with E-state index in [0.29, 0.717) is 12.5 Å². The highest BCUT2D eigenvalue weighted by Crippen LogP contribution is 2.22. The van der Waals surface area contributed by atoms with E-state index in [1.54, 1.807) is 0 Å². The molecule has 20 heavy (non-hydrogen) atoms. The van der Waals surface area contributed by atoms with Crippen LogP contribution in [-0.2, 0) is 4.74 Å². The number of hydrogen-bond acceptors (Lipinski definition) is 3. The van der Waals surface area contributed by atoms with Gasteiger partial charge in [0.05, 0.1) is 12.7 Å². The van der Waals surface area contributed by atoms with Crippen molar-refractivity contribution in [2.24, 2.45) is 5.92 Å². The molecule has 1 fully saturated rings. The molecule has 5 heteroatoms. The van der Waals surface area contributed by atoms with Crippen LogP contribution in [0.1, 0.15) is 47.0 Å². The number of likely N-dealkylation sites (tertiary alicyclic amines) is 1. The molecule has 0 spiro atoms. The summed E-state index contributed by atoms with van der Waals surface area (Å²) in [5.74, 6) is 0.451. The van der Waals surface area contributed by atoms with Crippen molar-refractivity contribution in [2.75, 3.05) is 19.8 Å². The molecule has 118 valence electrons. The molecule has 1 aliphatic heterocycles. The molecule has 0 aliphatic carbocycles. The van der Waals surface area contributed by atoms with Gasteiger partial charge in [-0.2, -0.15) is 0 Å². The number of nitrogens with zero attached hydrogens (tertiary/aromatic N) is 1. The summed E-state index contributed by atoms with van der Waals surface area (Å²) >= 11 is 0. The molecule has 0 bridgehead atoms. The predicted molar refractivity (Wildman–Crippen MR) is 79.7 cm³/mol. The number of urea groups is 1. The van der Waals surface area contributed by atoms with Crippen LogP contribution in [0.2, 0.25) is 0 Å². The second-order valence-corrected chi connectivity index (χ2v) is 6.31. The van der Waals surface area contributed by atoms with Crippen molar-refractivity contribution in [2.45, 2.75) is 65.1 Å². The third-order valence-corrected chi connectivity index (χ3v) is 3.68. The van der Waals surface area contributed by atoms with Crippen molar-refractivity contribution in [1.29, 1.82) is 0 Å². The van der Waals surface area contributed by atoms with Crippen molar-refractivity contribution in [1.82, 2.24) is 10.2 Å². The topological polar surface area (TPSA) is 61.8 Å². The van der Waals surface area contributed by atoms with E-state index in [4.69, 9.17) is 4.74 Å². The number of ether oxygens (including phenoxy) is 1. The Kier molecular flexibility index (Phi) is 7.30. The molecular formula is C15H30N2O3. The van der Waals surface area contributed by atoms with Gasteiger partial charge >= 0.3 is 6.03 Å². The molecule has 1 aliphatic rings. The van der Waals surface area contributed by atoms with Crippen LogP contribution >= 0.6 is 0 Å². The first kappa shape index (κ1) is 17.2. The second-order valence-electron chi connectivity index (χ2n) is 6.31. The Labute approximate surface area is 122 Å². The lowest BCUT2D eigenvalue weighted by Crippen LogP contribution is -2.53. The van der Waals surface area contributed by atoms with Gasteiger partial charge in [0.1, 0.15) is 0 Å². The van der Waals surface area contributed by atoms with E-state index in [1.165, 1.54) is 6.42 Å². The predicted octanol–water partition coefficient (Wildman–Crippen LogP) is 1.99. The van der Waals surface area contributed by atoms with Crippen LogP contribution in [0.15, 0.2) is 0 Å². The highest BCUT2D eigenvalue weighted by atomic mass is 16.5. The maximum Gasteiger partial charge on any atom is 0.317 e. The minimum atomic E-state index is -0.645. The summed E-state index contributed by atoms with van der Waals surface area (Å²) in [4.78, 5) is 14.1. The Morgan fingerprint density at radius 1 is 1.30 bits per heavy atom. The normalized spacial score (nSPS) is 24.8. The number of piperidine rings is 1. The van der Waals surface area contributed by atoms with Crippen molar-refractivity contribution in [3.05, 3.63) is 0 Å². The number of amides is 2. The molecule has 0 aromatic heterocycles. The van der Waals surface area contributed by atoms with E-state index < -0.39 is 6.10 Å². The minimum Gasteiger partial charge on any atom is -0.389 e. The fourth-order valence-corrected chi connectivity index (χ4v) is 2.62. The first-order valence-corrected chi connectivity index (χ1v) is 7.73. The maximum absolute atomic E-state index is 12.2. The summed E-state index contributed by atoms with van der Waals surface area (Å²) in [5, 5.41) is 12.6. The number of carbonyl (C=O) groups excluding carboxylic acids is 1. The van der Waals surface area contributed by atoms with Crippen molar-refractivity contribution < 1.29 is 14.6 Å². The van der Waals surface area contributed by atoms with Crippen molar-refractivity contribution >= 4 is 6.03 Å². The molecule has 2 amide bonds. The molecule has 3 atom stereocenters. The molecule has 0 aromatic carbocycles. The van der Waals surface area contributed by atoms with Gasteiger partial charge in [0.25, 0.3) is 0 Å². The third kappa shape index (κ3) is 5.67. The molecular weight excluding hydrogens is 256 g/mol. The average Bonchev–Trinajstić information content (AvgIpc) is 2.35. The molecule has 0 saturated carbocycles. The zero-order valence-corrected chi connectivity index (χ0v) is 13.3. The lowest BCUT2D eigenvalue weighted by atomic mass is 9.98. The van der Waals surface area contributed by atoms with Gasteiger partial charge in [-0.15, -0.1) is 0 Å². The van der Waals surface area contributed by atoms with Gasteiger partial charge in [-0.05, 0) is 39.0 Å². The highest BCUT2D eigenvalue weighted by molar-refractivity contribution is 5.75. The van der Waals surface area contributed by atoms with Gasteiger partial charge in [-0.1, -0.05) is 13.8 Å². The number of nitrogens with one attached hydrogen (secondary N) is 1. The maximum atomic E-state index is 12.2. The fraction of sp³-hybridized carbons (Fsp3) is 0.933. The molecule has 2 N–H and O–H groups in total. The number of hydrogen-bond donors (Lipinski definition) is 2. The zero-order chi connectivity index (χ0) is 15.1. The summed E-state index contributed by atoms with van der Waals surface area (Å²) in [6, 6.07) is 0.466. The standard InChI is InChI=1S/C15H30N2O3/c1-11(2)9-20-10-14(18)8-16-15(19)17-12(3)6-5-7-13(17)4/h11-14,18H,5-10H2,1-4H3,(H,16,19). The number of rotatable bonds is 6. The van der Waals surface area contributed by atoms with E-state index >= 15 is 0 Å².